The third kappa shape index (κ3) is 4.36. The largest absolute Gasteiger partial charge is 0.438 e. The number of benzene rings is 1. The van der Waals surface area contributed by atoms with E-state index in [1.54, 1.807) is 4.90 Å². The molecule has 4 nitrogen and oxygen atoms in total. The number of rotatable bonds is 6. The second kappa shape index (κ2) is 6.95. The first-order valence-corrected chi connectivity index (χ1v) is 12.8. The van der Waals surface area contributed by atoms with Crippen LogP contribution in [0.1, 0.15) is 25.0 Å². The van der Waals surface area contributed by atoms with Crippen molar-refractivity contribution in [1.29, 1.82) is 0 Å². The van der Waals surface area contributed by atoms with E-state index in [1.165, 1.54) is 0 Å². The fourth-order valence-corrected chi connectivity index (χ4v) is 3.78. The molecule has 0 aromatic heterocycles. The zero-order valence-electron chi connectivity index (χ0n) is 14.6. The molecule has 0 fully saturated rings. The van der Waals surface area contributed by atoms with Crippen LogP contribution in [-0.4, -0.2) is 27.5 Å². The van der Waals surface area contributed by atoms with Gasteiger partial charge in [-0.3, -0.25) is 4.90 Å². The lowest BCUT2D eigenvalue weighted by Crippen LogP contribution is -2.45. The van der Waals surface area contributed by atoms with E-state index in [9.17, 15) is 4.79 Å². The molecule has 1 aliphatic heterocycles. The molecular formula is C17H26BrNO3Si. The Balaban J connectivity index is 2.22. The maximum atomic E-state index is 12.4. The number of carbonyl (C=O) groups is 1. The summed E-state index contributed by atoms with van der Waals surface area (Å²) in [5.41, 5.74) is 2.38. The SMILES string of the molecule is CC1(C)OC(=O)N(COCC[Si](C)(C)C)c2c(CBr)cccc21. The van der Waals surface area contributed by atoms with Crippen molar-refractivity contribution in [1.82, 2.24) is 0 Å². The Bertz CT molecular complexity index is 584. The molecule has 1 amide bonds. The first kappa shape index (κ1) is 18.5. The van der Waals surface area contributed by atoms with Crippen LogP contribution in [0.15, 0.2) is 18.2 Å². The Morgan fingerprint density at radius 2 is 2.00 bits per heavy atom. The number of alkyl halides is 1. The van der Waals surface area contributed by atoms with Gasteiger partial charge in [0.1, 0.15) is 12.3 Å². The van der Waals surface area contributed by atoms with Gasteiger partial charge in [0, 0.05) is 25.6 Å². The van der Waals surface area contributed by atoms with Gasteiger partial charge in [-0.2, -0.15) is 0 Å². The van der Waals surface area contributed by atoms with Crippen molar-refractivity contribution < 1.29 is 14.3 Å². The zero-order valence-corrected chi connectivity index (χ0v) is 17.2. The molecule has 1 heterocycles. The summed E-state index contributed by atoms with van der Waals surface area (Å²) in [7, 11) is -1.14. The van der Waals surface area contributed by atoms with Gasteiger partial charge in [0.15, 0.2) is 0 Å². The number of cyclic esters (lactones) is 1. The van der Waals surface area contributed by atoms with Gasteiger partial charge in [-0.25, -0.2) is 4.79 Å². The molecule has 2 rings (SSSR count). The highest BCUT2D eigenvalue weighted by molar-refractivity contribution is 9.08. The Morgan fingerprint density at radius 1 is 1.30 bits per heavy atom. The number of nitrogens with zero attached hydrogens (tertiary/aromatic N) is 1. The molecule has 0 spiro atoms. The third-order valence-corrected chi connectivity index (χ3v) is 6.27. The lowest BCUT2D eigenvalue weighted by Gasteiger charge is -2.39. The molecule has 128 valence electrons. The maximum absolute atomic E-state index is 12.4. The highest BCUT2D eigenvalue weighted by Crippen LogP contribution is 2.41. The molecule has 0 saturated carbocycles. The number of hydrogen-bond acceptors (Lipinski definition) is 3. The maximum Gasteiger partial charge on any atom is 0.417 e. The van der Waals surface area contributed by atoms with Crippen LogP contribution >= 0.6 is 15.9 Å². The summed E-state index contributed by atoms with van der Waals surface area (Å²) >= 11 is 3.52. The highest BCUT2D eigenvalue weighted by atomic mass is 79.9. The van der Waals surface area contributed by atoms with Crippen molar-refractivity contribution >= 4 is 35.8 Å². The minimum absolute atomic E-state index is 0.233. The van der Waals surface area contributed by atoms with E-state index in [-0.39, 0.29) is 12.8 Å². The zero-order chi connectivity index (χ0) is 17.3. The van der Waals surface area contributed by atoms with Gasteiger partial charge < -0.3 is 9.47 Å². The number of carbonyl (C=O) groups excluding carboxylic acids is 1. The number of hydrogen-bond donors (Lipinski definition) is 0. The molecule has 0 atom stereocenters. The number of ether oxygens (including phenoxy) is 2. The van der Waals surface area contributed by atoms with E-state index < -0.39 is 13.7 Å². The predicted molar refractivity (Wildman–Crippen MR) is 100 cm³/mol. The average molecular weight is 400 g/mol. The summed E-state index contributed by atoms with van der Waals surface area (Å²) in [5, 5.41) is 0.685. The van der Waals surface area contributed by atoms with Gasteiger partial charge in [0.25, 0.3) is 0 Å². The summed E-state index contributed by atoms with van der Waals surface area (Å²) in [4.78, 5) is 14.1. The molecule has 0 bridgehead atoms. The van der Waals surface area contributed by atoms with Crippen LogP contribution < -0.4 is 4.90 Å². The second-order valence-corrected chi connectivity index (χ2v) is 13.8. The van der Waals surface area contributed by atoms with Crippen LogP contribution in [0.2, 0.25) is 25.7 Å². The number of anilines is 1. The summed E-state index contributed by atoms with van der Waals surface area (Å²) in [6.07, 6.45) is -0.344. The Kier molecular flexibility index (Phi) is 5.58. The summed E-state index contributed by atoms with van der Waals surface area (Å²) in [6, 6.07) is 7.12. The van der Waals surface area contributed by atoms with Crippen LogP contribution in [-0.2, 0) is 20.4 Å². The minimum atomic E-state index is -1.14. The summed E-state index contributed by atoms with van der Waals surface area (Å²) in [6.45, 7) is 11.7. The fraction of sp³-hybridized carbons (Fsp3) is 0.588. The Hall–Kier alpha value is -0.853. The first-order valence-electron chi connectivity index (χ1n) is 7.92. The van der Waals surface area contributed by atoms with Crippen molar-refractivity contribution in [2.45, 2.75) is 50.5 Å². The number of amides is 1. The molecule has 6 heteroatoms. The summed E-state index contributed by atoms with van der Waals surface area (Å²) in [5.74, 6) is 0. The fourth-order valence-electron chi connectivity index (χ4n) is 2.57. The van der Waals surface area contributed by atoms with Crippen LogP contribution in [0.3, 0.4) is 0 Å². The monoisotopic (exact) mass is 399 g/mol. The van der Waals surface area contributed by atoms with Crippen molar-refractivity contribution in [3.05, 3.63) is 29.3 Å². The van der Waals surface area contributed by atoms with Gasteiger partial charge >= 0.3 is 6.09 Å². The standard InChI is InChI=1S/C17H26BrNO3Si/c1-17(2)14-8-6-7-13(11-18)15(14)19(16(20)22-17)12-21-9-10-23(3,4)5/h6-8H,9-12H2,1-5H3. The first-order chi connectivity index (χ1) is 10.7. The smallest absolute Gasteiger partial charge is 0.417 e. The predicted octanol–water partition coefficient (Wildman–Crippen LogP) is 5.09. The van der Waals surface area contributed by atoms with Crippen LogP contribution in [0.25, 0.3) is 0 Å². The van der Waals surface area contributed by atoms with Crippen LogP contribution in [0, 0.1) is 0 Å². The van der Waals surface area contributed by atoms with Gasteiger partial charge in [0.2, 0.25) is 0 Å². The quantitative estimate of drug-likeness (QED) is 0.380. The molecule has 1 aromatic carbocycles. The highest BCUT2D eigenvalue weighted by Gasteiger charge is 2.39. The van der Waals surface area contributed by atoms with Gasteiger partial charge in [-0.15, -0.1) is 0 Å². The number of para-hydroxylation sites is 1. The van der Waals surface area contributed by atoms with E-state index in [0.717, 1.165) is 22.9 Å². The van der Waals surface area contributed by atoms with Crippen LogP contribution in [0.4, 0.5) is 10.5 Å². The molecule has 0 N–H and O–H groups in total. The molecule has 1 aromatic rings. The van der Waals surface area contributed by atoms with Crippen molar-refractivity contribution in [3.8, 4) is 0 Å². The van der Waals surface area contributed by atoms with E-state index in [1.807, 2.05) is 32.0 Å². The number of fused-ring (bicyclic) bond motifs is 1. The molecular weight excluding hydrogens is 374 g/mol. The molecule has 0 aliphatic carbocycles. The van der Waals surface area contributed by atoms with Crippen LogP contribution in [0.5, 0.6) is 0 Å². The molecule has 0 saturated heterocycles. The van der Waals surface area contributed by atoms with Gasteiger partial charge in [-0.05, 0) is 25.5 Å². The van der Waals surface area contributed by atoms with Crippen molar-refractivity contribution in [2.75, 3.05) is 18.2 Å². The topological polar surface area (TPSA) is 38.8 Å². The normalized spacial score (nSPS) is 17.0. The van der Waals surface area contributed by atoms with Crippen molar-refractivity contribution in [3.63, 3.8) is 0 Å². The van der Waals surface area contributed by atoms with E-state index in [2.05, 4.69) is 35.6 Å². The van der Waals surface area contributed by atoms with Gasteiger partial charge in [-0.1, -0.05) is 53.8 Å². The Morgan fingerprint density at radius 3 is 2.61 bits per heavy atom. The Labute approximate surface area is 148 Å². The number of halogens is 1. The molecule has 1 aliphatic rings. The van der Waals surface area contributed by atoms with E-state index >= 15 is 0 Å². The lowest BCUT2D eigenvalue weighted by molar-refractivity contribution is 0.0269. The lowest BCUT2D eigenvalue weighted by atomic mass is 9.92. The molecule has 0 radical (unpaired) electrons. The van der Waals surface area contributed by atoms with E-state index in [0.29, 0.717) is 11.9 Å². The summed E-state index contributed by atoms with van der Waals surface area (Å²) < 4.78 is 11.4. The third-order valence-electron chi connectivity index (χ3n) is 3.96. The molecule has 23 heavy (non-hydrogen) atoms. The second-order valence-electron chi connectivity index (χ2n) is 7.60. The average Bonchev–Trinajstić information content (AvgIpc) is 2.44. The van der Waals surface area contributed by atoms with E-state index in [4.69, 9.17) is 9.47 Å². The van der Waals surface area contributed by atoms with Gasteiger partial charge in [0.05, 0.1) is 5.69 Å². The van der Waals surface area contributed by atoms with Crippen molar-refractivity contribution in [2.24, 2.45) is 0 Å². The molecule has 0 unspecified atom stereocenters. The minimum Gasteiger partial charge on any atom is -0.438 e.